The average Bonchev–Trinajstić information content (AvgIpc) is 2.54. The molecule has 126 valence electrons. The highest BCUT2D eigenvalue weighted by Gasteiger charge is 2.04. The first-order chi connectivity index (χ1) is 11.5. The number of carboxylic acid groups (broad SMARTS) is 1. The maximum absolute atomic E-state index is 10.5. The number of benzene rings is 2. The Balaban J connectivity index is 1.94. The lowest BCUT2D eigenvalue weighted by molar-refractivity contribution is -0.139. The van der Waals surface area contributed by atoms with Gasteiger partial charge in [-0.1, -0.05) is 28.1 Å². The largest absolute Gasteiger partial charge is 0.489 e. The SMILES string of the molecule is Cc1cc(OC/C=C(\I)c2ccc(Br)cc2)ccc1OCC(=O)O. The van der Waals surface area contributed by atoms with Crippen molar-refractivity contribution in [2.24, 2.45) is 0 Å². The Bertz CT molecular complexity index is 741. The van der Waals surface area contributed by atoms with Crippen molar-refractivity contribution >= 4 is 48.1 Å². The van der Waals surface area contributed by atoms with Gasteiger partial charge in [-0.25, -0.2) is 4.79 Å². The summed E-state index contributed by atoms with van der Waals surface area (Å²) in [5, 5.41) is 8.64. The van der Waals surface area contributed by atoms with Gasteiger partial charge in [-0.05, 0) is 77.0 Å². The summed E-state index contributed by atoms with van der Waals surface area (Å²) >= 11 is 5.70. The molecule has 4 nitrogen and oxygen atoms in total. The average molecular weight is 503 g/mol. The third kappa shape index (κ3) is 5.83. The summed E-state index contributed by atoms with van der Waals surface area (Å²) < 4.78 is 13.1. The zero-order chi connectivity index (χ0) is 17.5. The maximum atomic E-state index is 10.5. The molecule has 0 saturated carbocycles. The molecule has 0 radical (unpaired) electrons. The fourth-order valence-corrected chi connectivity index (χ4v) is 2.75. The van der Waals surface area contributed by atoms with Crippen LogP contribution in [0.2, 0.25) is 0 Å². The van der Waals surface area contributed by atoms with Crippen LogP contribution in [-0.2, 0) is 4.79 Å². The molecular formula is C18H16BrIO4. The van der Waals surface area contributed by atoms with Crippen molar-refractivity contribution in [2.75, 3.05) is 13.2 Å². The van der Waals surface area contributed by atoms with Crippen molar-refractivity contribution in [3.63, 3.8) is 0 Å². The molecule has 0 saturated heterocycles. The minimum atomic E-state index is -0.998. The second kappa shape index (κ2) is 9.08. The van der Waals surface area contributed by atoms with E-state index in [1.807, 2.05) is 43.3 Å². The van der Waals surface area contributed by atoms with Crippen molar-refractivity contribution < 1.29 is 19.4 Å². The Hall–Kier alpha value is -1.54. The van der Waals surface area contributed by atoms with E-state index in [0.29, 0.717) is 18.1 Å². The quantitative estimate of drug-likeness (QED) is 0.537. The lowest BCUT2D eigenvalue weighted by atomic mass is 10.2. The molecule has 2 rings (SSSR count). The molecule has 1 N–H and O–H groups in total. The van der Waals surface area contributed by atoms with Gasteiger partial charge >= 0.3 is 5.97 Å². The lowest BCUT2D eigenvalue weighted by Crippen LogP contribution is -2.10. The fraction of sp³-hybridized carbons (Fsp3) is 0.167. The normalized spacial score (nSPS) is 11.2. The van der Waals surface area contributed by atoms with Crippen LogP contribution in [0, 0.1) is 6.92 Å². The summed E-state index contributed by atoms with van der Waals surface area (Å²) in [5.41, 5.74) is 1.97. The van der Waals surface area contributed by atoms with E-state index in [-0.39, 0.29) is 6.61 Å². The Morgan fingerprint density at radius 2 is 1.92 bits per heavy atom. The number of ether oxygens (including phenoxy) is 2. The van der Waals surface area contributed by atoms with E-state index in [4.69, 9.17) is 14.6 Å². The molecule has 0 aliphatic heterocycles. The minimum Gasteiger partial charge on any atom is -0.489 e. The molecule has 0 amide bonds. The number of hydrogen-bond donors (Lipinski definition) is 1. The number of rotatable bonds is 7. The fourth-order valence-electron chi connectivity index (χ4n) is 1.95. The Kier molecular flexibility index (Phi) is 7.11. The number of aliphatic carboxylic acids is 1. The van der Waals surface area contributed by atoms with Crippen LogP contribution >= 0.6 is 38.5 Å². The maximum Gasteiger partial charge on any atom is 0.341 e. The summed E-state index contributed by atoms with van der Waals surface area (Å²) in [4.78, 5) is 10.5. The van der Waals surface area contributed by atoms with Crippen LogP contribution in [0.1, 0.15) is 11.1 Å². The van der Waals surface area contributed by atoms with E-state index in [1.54, 1.807) is 12.1 Å². The van der Waals surface area contributed by atoms with Gasteiger partial charge in [0.15, 0.2) is 6.61 Å². The predicted molar refractivity (Wildman–Crippen MR) is 106 cm³/mol. The second-order valence-corrected chi connectivity index (χ2v) is 7.06. The Labute approximate surface area is 162 Å². The van der Waals surface area contributed by atoms with E-state index in [1.165, 1.54) is 0 Å². The van der Waals surface area contributed by atoms with Crippen molar-refractivity contribution in [1.82, 2.24) is 0 Å². The van der Waals surface area contributed by atoms with Crippen LogP contribution in [0.15, 0.2) is 53.0 Å². The summed E-state index contributed by atoms with van der Waals surface area (Å²) in [6, 6.07) is 13.4. The van der Waals surface area contributed by atoms with Crippen molar-refractivity contribution in [1.29, 1.82) is 0 Å². The number of halogens is 2. The van der Waals surface area contributed by atoms with Gasteiger partial charge in [0.1, 0.15) is 18.1 Å². The highest BCUT2D eigenvalue weighted by Crippen LogP contribution is 2.25. The summed E-state index contributed by atoms with van der Waals surface area (Å²) in [5.74, 6) is 0.263. The van der Waals surface area contributed by atoms with Crippen LogP contribution in [0.25, 0.3) is 3.58 Å². The molecule has 0 heterocycles. The van der Waals surface area contributed by atoms with Gasteiger partial charge < -0.3 is 14.6 Å². The topological polar surface area (TPSA) is 55.8 Å². The van der Waals surface area contributed by atoms with E-state index in [2.05, 4.69) is 38.5 Å². The molecule has 0 aliphatic rings. The molecular weight excluding hydrogens is 487 g/mol. The molecule has 0 aliphatic carbocycles. The molecule has 0 aromatic heterocycles. The van der Waals surface area contributed by atoms with Crippen molar-refractivity contribution in [3.05, 3.63) is 64.1 Å². The second-order valence-electron chi connectivity index (χ2n) is 4.98. The van der Waals surface area contributed by atoms with E-state index in [0.717, 1.165) is 19.2 Å². The van der Waals surface area contributed by atoms with E-state index < -0.39 is 5.97 Å². The van der Waals surface area contributed by atoms with E-state index >= 15 is 0 Å². The minimum absolute atomic E-state index is 0.352. The van der Waals surface area contributed by atoms with E-state index in [9.17, 15) is 4.79 Å². The van der Waals surface area contributed by atoms with Crippen molar-refractivity contribution in [3.8, 4) is 11.5 Å². The van der Waals surface area contributed by atoms with Crippen LogP contribution in [-0.4, -0.2) is 24.3 Å². The third-order valence-corrected chi connectivity index (χ3v) is 4.72. The Morgan fingerprint density at radius 3 is 2.54 bits per heavy atom. The van der Waals surface area contributed by atoms with Gasteiger partial charge in [-0.2, -0.15) is 0 Å². The highest BCUT2D eigenvalue weighted by atomic mass is 127. The Morgan fingerprint density at radius 1 is 1.21 bits per heavy atom. The molecule has 0 bridgehead atoms. The molecule has 24 heavy (non-hydrogen) atoms. The molecule has 2 aromatic carbocycles. The van der Waals surface area contributed by atoms with Crippen LogP contribution in [0.3, 0.4) is 0 Å². The molecule has 0 fully saturated rings. The smallest absolute Gasteiger partial charge is 0.341 e. The van der Waals surface area contributed by atoms with Crippen LogP contribution in [0.4, 0.5) is 0 Å². The highest BCUT2D eigenvalue weighted by molar-refractivity contribution is 14.1. The summed E-state index contributed by atoms with van der Waals surface area (Å²) in [7, 11) is 0. The van der Waals surface area contributed by atoms with Gasteiger partial charge in [0.05, 0.1) is 0 Å². The van der Waals surface area contributed by atoms with Gasteiger partial charge in [0.2, 0.25) is 0 Å². The predicted octanol–water partition coefficient (Wildman–Crippen LogP) is 5.08. The molecule has 0 atom stereocenters. The summed E-state index contributed by atoms with van der Waals surface area (Å²) in [6.07, 6.45) is 2.01. The zero-order valence-electron chi connectivity index (χ0n) is 13.0. The summed E-state index contributed by atoms with van der Waals surface area (Å²) in [6.45, 7) is 1.95. The number of carbonyl (C=O) groups is 1. The van der Waals surface area contributed by atoms with Gasteiger partial charge in [-0.3, -0.25) is 0 Å². The van der Waals surface area contributed by atoms with Crippen molar-refractivity contribution in [2.45, 2.75) is 6.92 Å². The molecule has 0 unspecified atom stereocenters. The molecule has 2 aromatic rings. The van der Waals surface area contributed by atoms with Crippen LogP contribution in [0.5, 0.6) is 11.5 Å². The molecule has 6 heteroatoms. The van der Waals surface area contributed by atoms with Gasteiger partial charge in [0.25, 0.3) is 0 Å². The van der Waals surface area contributed by atoms with Gasteiger partial charge in [-0.15, -0.1) is 0 Å². The standard InChI is InChI=1S/C18H16BrIO4/c1-12-10-15(6-7-17(12)24-11-18(21)22)23-9-8-16(20)13-2-4-14(19)5-3-13/h2-8,10H,9,11H2,1H3,(H,21,22)/b16-8-. The number of carboxylic acids is 1. The first kappa shape index (κ1) is 18.8. The number of hydrogen-bond acceptors (Lipinski definition) is 3. The third-order valence-electron chi connectivity index (χ3n) is 3.13. The first-order valence-electron chi connectivity index (χ1n) is 7.15. The van der Waals surface area contributed by atoms with Crippen LogP contribution < -0.4 is 9.47 Å². The number of aryl methyl sites for hydroxylation is 1. The lowest BCUT2D eigenvalue weighted by Gasteiger charge is -2.10. The monoisotopic (exact) mass is 502 g/mol. The zero-order valence-corrected chi connectivity index (χ0v) is 16.7. The van der Waals surface area contributed by atoms with Gasteiger partial charge in [0, 0.05) is 8.05 Å². The molecule has 0 spiro atoms. The first-order valence-corrected chi connectivity index (χ1v) is 9.02.